The summed E-state index contributed by atoms with van der Waals surface area (Å²) in [5.74, 6) is 0. The van der Waals surface area contributed by atoms with Gasteiger partial charge in [0.05, 0.1) is 6.26 Å². The van der Waals surface area contributed by atoms with E-state index in [2.05, 4.69) is 0 Å². The molecular weight excluding hydrogens is 242 g/mol. The average Bonchev–Trinajstić information content (AvgIpc) is 2.15. The van der Waals surface area contributed by atoms with Crippen molar-refractivity contribution in [1.82, 2.24) is 13.7 Å². The van der Waals surface area contributed by atoms with Crippen LogP contribution < -0.4 is 0 Å². The number of piperazine rings is 1. The molecule has 1 aliphatic rings. The first-order chi connectivity index (χ1) is 6.82. The molecule has 15 heavy (non-hydrogen) atoms. The monoisotopic (exact) mass is 257 g/mol. The molecule has 1 N–H and O–H groups in total. The third kappa shape index (κ3) is 3.47. The van der Waals surface area contributed by atoms with Crippen molar-refractivity contribution in [2.45, 2.75) is 0 Å². The van der Waals surface area contributed by atoms with Crippen LogP contribution in [0.25, 0.3) is 0 Å². The van der Waals surface area contributed by atoms with Crippen LogP contribution in [0.4, 0.5) is 0 Å². The Kier molecular flexibility index (Phi) is 4.20. The lowest BCUT2D eigenvalue weighted by atomic mass is 10.4. The molecule has 0 radical (unpaired) electrons. The van der Waals surface area contributed by atoms with Crippen molar-refractivity contribution in [2.75, 3.05) is 39.5 Å². The highest BCUT2D eigenvalue weighted by Gasteiger charge is 2.26. The quantitative estimate of drug-likeness (QED) is 0.625. The lowest BCUT2D eigenvalue weighted by Gasteiger charge is -2.36. The molecule has 0 saturated carbocycles. The second-order valence-electron chi connectivity index (χ2n) is 3.31. The van der Waals surface area contributed by atoms with Gasteiger partial charge in [0.1, 0.15) is 0 Å². The van der Waals surface area contributed by atoms with E-state index in [9.17, 15) is 12.6 Å². The van der Waals surface area contributed by atoms with E-state index in [0.29, 0.717) is 26.2 Å². The van der Waals surface area contributed by atoms with Gasteiger partial charge in [-0.25, -0.2) is 17.6 Å². The molecule has 9 heteroatoms. The number of sulfonamides is 1. The highest BCUT2D eigenvalue weighted by atomic mass is 32.2. The maximum Gasteiger partial charge on any atom is 0.248 e. The summed E-state index contributed by atoms with van der Waals surface area (Å²) in [6, 6.07) is 0. The third-order valence-corrected chi connectivity index (χ3v) is 4.29. The average molecular weight is 257 g/mol. The van der Waals surface area contributed by atoms with Gasteiger partial charge in [0, 0.05) is 33.2 Å². The fourth-order valence-electron chi connectivity index (χ4n) is 1.39. The minimum absolute atomic E-state index is 0.348. The molecule has 0 spiro atoms. The number of hydrogen-bond donors (Lipinski definition) is 1. The predicted octanol–water partition coefficient (Wildman–Crippen LogP) is -1.45. The smallest absolute Gasteiger partial charge is 0.248 e. The molecular formula is C6H15N3O4S2. The Labute approximate surface area is 92.1 Å². The fourth-order valence-corrected chi connectivity index (χ4v) is 2.58. The minimum atomic E-state index is -3.15. The summed E-state index contributed by atoms with van der Waals surface area (Å²) >= 11 is -2.05. The molecule has 0 bridgehead atoms. The SMILES string of the molecule is CN(N1CCN(S(C)(=O)=O)CC1)S(=O)O. The van der Waals surface area contributed by atoms with Crippen LogP contribution in [0.1, 0.15) is 0 Å². The summed E-state index contributed by atoms with van der Waals surface area (Å²) in [5, 5.41) is 1.65. The lowest BCUT2D eigenvalue weighted by Crippen LogP contribution is -2.53. The van der Waals surface area contributed by atoms with E-state index >= 15 is 0 Å². The van der Waals surface area contributed by atoms with Crippen molar-refractivity contribution in [3.05, 3.63) is 0 Å². The maximum absolute atomic E-state index is 11.2. The van der Waals surface area contributed by atoms with E-state index < -0.39 is 21.3 Å². The van der Waals surface area contributed by atoms with Gasteiger partial charge in [0.25, 0.3) is 0 Å². The summed E-state index contributed by atoms with van der Waals surface area (Å²) in [7, 11) is -1.65. The number of nitrogens with zero attached hydrogens (tertiary/aromatic N) is 3. The Balaban J connectivity index is 2.53. The summed E-state index contributed by atoms with van der Waals surface area (Å²) in [4.78, 5) is 0. The van der Waals surface area contributed by atoms with E-state index in [4.69, 9.17) is 4.55 Å². The molecule has 0 aliphatic carbocycles. The molecule has 7 nitrogen and oxygen atoms in total. The lowest BCUT2D eigenvalue weighted by molar-refractivity contribution is 0.0461. The molecule has 90 valence electrons. The molecule has 0 aromatic heterocycles. The zero-order valence-corrected chi connectivity index (χ0v) is 10.3. The van der Waals surface area contributed by atoms with Crippen LogP contribution in [0.15, 0.2) is 0 Å². The molecule has 1 rings (SSSR count). The van der Waals surface area contributed by atoms with Crippen LogP contribution in [0.5, 0.6) is 0 Å². The van der Waals surface area contributed by atoms with Crippen molar-refractivity contribution in [3.63, 3.8) is 0 Å². The summed E-state index contributed by atoms with van der Waals surface area (Å²) in [6.45, 7) is 1.55. The summed E-state index contributed by atoms with van der Waals surface area (Å²) in [6.07, 6.45) is 1.16. The van der Waals surface area contributed by atoms with Crippen LogP contribution in [0, 0.1) is 0 Å². The Morgan fingerprint density at radius 3 is 2.07 bits per heavy atom. The highest BCUT2D eigenvalue weighted by Crippen LogP contribution is 2.08. The first kappa shape index (κ1) is 13.0. The second kappa shape index (κ2) is 4.85. The highest BCUT2D eigenvalue weighted by molar-refractivity contribution is 7.88. The van der Waals surface area contributed by atoms with Gasteiger partial charge in [-0.15, -0.1) is 4.41 Å². The number of rotatable bonds is 3. The third-order valence-electron chi connectivity index (χ3n) is 2.31. The van der Waals surface area contributed by atoms with Crippen molar-refractivity contribution >= 4 is 21.3 Å². The molecule has 1 saturated heterocycles. The van der Waals surface area contributed by atoms with Crippen LogP contribution in [-0.4, -0.2) is 70.4 Å². The first-order valence-electron chi connectivity index (χ1n) is 4.37. The van der Waals surface area contributed by atoms with Crippen LogP contribution in [0.3, 0.4) is 0 Å². The van der Waals surface area contributed by atoms with Gasteiger partial charge in [-0.3, -0.25) is 4.55 Å². The molecule has 1 aliphatic heterocycles. The number of hydrazine groups is 1. The molecule has 1 unspecified atom stereocenters. The van der Waals surface area contributed by atoms with Gasteiger partial charge in [0.15, 0.2) is 0 Å². The molecule has 0 aromatic rings. The van der Waals surface area contributed by atoms with Crippen LogP contribution in [-0.2, 0) is 21.3 Å². The molecule has 1 fully saturated rings. The standard InChI is InChI=1S/C6H15N3O4S2/c1-7(14(10)11)8-3-5-9(6-4-8)15(2,12)13/h3-6H2,1-2H3,(H,10,11). The molecule has 1 heterocycles. The van der Waals surface area contributed by atoms with Crippen molar-refractivity contribution in [1.29, 1.82) is 0 Å². The van der Waals surface area contributed by atoms with Gasteiger partial charge in [0.2, 0.25) is 21.3 Å². The largest absolute Gasteiger partial charge is 0.293 e. The minimum Gasteiger partial charge on any atom is -0.293 e. The van der Waals surface area contributed by atoms with E-state index in [1.54, 1.807) is 5.01 Å². The summed E-state index contributed by atoms with van der Waals surface area (Å²) in [5.41, 5.74) is 0. The van der Waals surface area contributed by atoms with Gasteiger partial charge in [-0.05, 0) is 0 Å². The molecule has 1 atom stereocenters. The second-order valence-corrected chi connectivity index (χ2v) is 6.28. The number of hydrogen-bond acceptors (Lipinski definition) is 4. The zero-order chi connectivity index (χ0) is 11.6. The molecule has 0 amide bonds. The van der Waals surface area contributed by atoms with E-state index in [0.717, 1.165) is 6.26 Å². The van der Waals surface area contributed by atoms with Gasteiger partial charge in [-0.2, -0.15) is 4.31 Å². The van der Waals surface area contributed by atoms with E-state index in [1.807, 2.05) is 0 Å². The Bertz CT molecular complexity index is 336. The Morgan fingerprint density at radius 2 is 1.73 bits per heavy atom. The van der Waals surface area contributed by atoms with Gasteiger partial charge < -0.3 is 0 Å². The van der Waals surface area contributed by atoms with Crippen molar-refractivity contribution in [2.24, 2.45) is 0 Å². The van der Waals surface area contributed by atoms with E-state index in [1.165, 1.54) is 15.8 Å². The predicted molar refractivity (Wildman–Crippen MR) is 56.5 cm³/mol. The summed E-state index contributed by atoms with van der Waals surface area (Å²) < 4.78 is 44.5. The molecule has 0 aromatic carbocycles. The topological polar surface area (TPSA) is 81.2 Å². The normalized spacial score (nSPS) is 23.2. The van der Waals surface area contributed by atoms with Gasteiger partial charge >= 0.3 is 0 Å². The Morgan fingerprint density at radius 1 is 1.27 bits per heavy atom. The van der Waals surface area contributed by atoms with Crippen LogP contribution in [0.2, 0.25) is 0 Å². The Hall–Kier alpha value is -0.0600. The first-order valence-corrected chi connectivity index (χ1v) is 7.28. The van der Waals surface area contributed by atoms with E-state index in [-0.39, 0.29) is 0 Å². The van der Waals surface area contributed by atoms with Crippen LogP contribution >= 0.6 is 0 Å². The van der Waals surface area contributed by atoms with Crippen molar-refractivity contribution < 1.29 is 17.2 Å². The van der Waals surface area contributed by atoms with Crippen molar-refractivity contribution in [3.8, 4) is 0 Å². The van der Waals surface area contributed by atoms with Gasteiger partial charge in [-0.1, -0.05) is 0 Å². The maximum atomic E-state index is 11.2. The zero-order valence-electron chi connectivity index (χ0n) is 8.66. The fraction of sp³-hybridized carbons (Fsp3) is 1.00.